The van der Waals surface area contributed by atoms with Crippen LogP contribution in [0.15, 0.2) is 68.8 Å². The first-order chi connectivity index (χ1) is 11.6. The van der Waals surface area contributed by atoms with Crippen molar-refractivity contribution in [3.63, 3.8) is 0 Å². The average molecular weight is 340 g/mol. The van der Waals surface area contributed by atoms with Gasteiger partial charge in [0.2, 0.25) is 5.78 Å². The third-order valence-corrected chi connectivity index (χ3v) is 4.77. The quantitative estimate of drug-likeness (QED) is 0.573. The van der Waals surface area contributed by atoms with Crippen molar-refractivity contribution in [3.8, 4) is 11.3 Å². The van der Waals surface area contributed by atoms with Crippen molar-refractivity contribution >= 4 is 23.6 Å². The smallest absolute Gasteiger partial charge is 0.200 e. The van der Waals surface area contributed by atoms with Crippen molar-refractivity contribution in [2.24, 2.45) is 0 Å². The first kappa shape index (κ1) is 14.9. The molecule has 0 amide bonds. The van der Waals surface area contributed by atoms with Gasteiger partial charge < -0.3 is 4.42 Å². The van der Waals surface area contributed by atoms with Crippen LogP contribution in [0.1, 0.15) is 16.1 Å². The molecule has 3 aromatic rings. The molecule has 118 valence electrons. The summed E-state index contributed by atoms with van der Waals surface area (Å²) in [7, 11) is 0. The van der Waals surface area contributed by atoms with Crippen LogP contribution < -0.4 is 0 Å². The summed E-state index contributed by atoms with van der Waals surface area (Å²) in [4.78, 5) is 13.8. The van der Waals surface area contributed by atoms with Gasteiger partial charge in [0.15, 0.2) is 0 Å². The lowest BCUT2D eigenvalue weighted by atomic mass is 10.1. The molecule has 1 aliphatic rings. The topological polar surface area (TPSA) is 30.2 Å². The molecule has 1 aromatic heterocycles. The highest BCUT2D eigenvalue weighted by Crippen LogP contribution is 2.41. The number of ketones is 1. The molecular weight excluding hydrogens is 330 g/mol. The summed E-state index contributed by atoms with van der Waals surface area (Å²) < 4.78 is 32.4. The van der Waals surface area contributed by atoms with Crippen LogP contribution in [-0.2, 0) is 0 Å². The highest BCUT2D eigenvalue weighted by molar-refractivity contribution is 8.04. The number of allylic oxidation sites excluding steroid dienone is 1. The van der Waals surface area contributed by atoms with E-state index in [1.807, 2.05) is 18.2 Å². The zero-order chi connectivity index (χ0) is 16.7. The Balaban J connectivity index is 1.66. The minimum Gasteiger partial charge on any atom is -0.457 e. The van der Waals surface area contributed by atoms with Gasteiger partial charge in [-0.05, 0) is 42.5 Å². The molecule has 2 nitrogen and oxygen atoms in total. The summed E-state index contributed by atoms with van der Waals surface area (Å²) in [5.74, 6) is -0.663. The van der Waals surface area contributed by atoms with Gasteiger partial charge >= 0.3 is 0 Å². The van der Waals surface area contributed by atoms with Crippen LogP contribution in [0.25, 0.3) is 17.4 Å². The summed E-state index contributed by atoms with van der Waals surface area (Å²) in [6, 6.07) is 13.9. The number of carbonyl (C=O) groups is 1. The normalized spacial score (nSPS) is 15.1. The Bertz CT molecular complexity index is 989. The molecule has 0 spiro atoms. The van der Waals surface area contributed by atoms with Crippen LogP contribution in [-0.4, -0.2) is 5.78 Å². The van der Waals surface area contributed by atoms with Crippen LogP contribution in [0, 0.1) is 11.6 Å². The van der Waals surface area contributed by atoms with Crippen LogP contribution in [0.3, 0.4) is 0 Å². The lowest BCUT2D eigenvalue weighted by molar-refractivity contribution is 0.104. The molecule has 0 bridgehead atoms. The Morgan fingerprint density at radius 1 is 0.958 bits per heavy atom. The second-order valence-electron chi connectivity index (χ2n) is 5.26. The SMILES string of the molecule is O=C1/C(=C/c2ccc(-c3ccc(F)cc3F)o2)Sc2ccccc21. The van der Waals surface area contributed by atoms with E-state index >= 15 is 0 Å². The van der Waals surface area contributed by atoms with Crippen LogP contribution in [0.4, 0.5) is 8.78 Å². The zero-order valence-electron chi connectivity index (χ0n) is 12.3. The van der Waals surface area contributed by atoms with E-state index in [0.717, 1.165) is 11.0 Å². The molecule has 2 heterocycles. The molecule has 5 heteroatoms. The fraction of sp³-hybridized carbons (Fsp3) is 0. The highest BCUT2D eigenvalue weighted by Gasteiger charge is 2.25. The Hall–Kier alpha value is -2.66. The maximum atomic E-state index is 13.8. The van der Waals surface area contributed by atoms with Crippen molar-refractivity contribution in [1.29, 1.82) is 0 Å². The van der Waals surface area contributed by atoms with E-state index < -0.39 is 11.6 Å². The van der Waals surface area contributed by atoms with Crippen LogP contribution >= 0.6 is 11.8 Å². The molecule has 1 aliphatic heterocycles. The number of hydrogen-bond donors (Lipinski definition) is 0. The number of rotatable bonds is 2. The third kappa shape index (κ3) is 2.57. The molecule has 0 saturated heterocycles. The number of thioether (sulfide) groups is 1. The van der Waals surface area contributed by atoms with E-state index in [9.17, 15) is 13.6 Å². The van der Waals surface area contributed by atoms with Gasteiger partial charge in [-0.15, -0.1) is 0 Å². The van der Waals surface area contributed by atoms with Crippen molar-refractivity contribution < 1.29 is 18.0 Å². The minimum absolute atomic E-state index is 0.0542. The Morgan fingerprint density at radius 3 is 2.58 bits per heavy atom. The van der Waals surface area contributed by atoms with E-state index in [2.05, 4.69) is 0 Å². The first-order valence-corrected chi connectivity index (χ1v) is 8.02. The summed E-state index contributed by atoms with van der Waals surface area (Å²) in [6.45, 7) is 0. The van der Waals surface area contributed by atoms with Gasteiger partial charge in [-0.3, -0.25) is 4.79 Å². The summed E-state index contributed by atoms with van der Waals surface area (Å²) in [6.07, 6.45) is 1.64. The Morgan fingerprint density at radius 2 is 1.79 bits per heavy atom. The van der Waals surface area contributed by atoms with Crippen LogP contribution in [0.2, 0.25) is 0 Å². The predicted octanol–water partition coefficient (Wildman–Crippen LogP) is 5.55. The molecular formula is C19H10F2O2S. The molecule has 0 aliphatic carbocycles. The fourth-order valence-electron chi connectivity index (χ4n) is 2.53. The summed E-state index contributed by atoms with van der Waals surface area (Å²) >= 11 is 1.38. The average Bonchev–Trinajstić information content (AvgIpc) is 3.14. The fourth-order valence-corrected chi connectivity index (χ4v) is 3.56. The van der Waals surface area contributed by atoms with Crippen LogP contribution in [0.5, 0.6) is 0 Å². The van der Waals surface area contributed by atoms with Crippen molar-refractivity contribution in [1.82, 2.24) is 0 Å². The second kappa shape index (κ2) is 5.76. The first-order valence-electron chi connectivity index (χ1n) is 7.20. The number of Topliss-reactive ketones (excluding diaryl/α,β-unsaturated/α-hetero) is 1. The van der Waals surface area contributed by atoms with E-state index in [-0.39, 0.29) is 17.1 Å². The predicted molar refractivity (Wildman–Crippen MR) is 88.7 cm³/mol. The molecule has 0 radical (unpaired) electrons. The van der Waals surface area contributed by atoms with Gasteiger partial charge in [-0.1, -0.05) is 23.9 Å². The maximum Gasteiger partial charge on any atom is 0.200 e. The number of halogens is 2. The Kier molecular flexibility index (Phi) is 3.58. The number of carbonyl (C=O) groups excluding carboxylic acids is 1. The zero-order valence-corrected chi connectivity index (χ0v) is 13.1. The van der Waals surface area contributed by atoms with E-state index in [1.165, 1.54) is 23.9 Å². The summed E-state index contributed by atoms with van der Waals surface area (Å²) in [5.41, 5.74) is 0.847. The molecule has 4 rings (SSSR count). The van der Waals surface area contributed by atoms with Gasteiger partial charge in [0.05, 0.1) is 10.5 Å². The van der Waals surface area contributed by atoms with Gasteiger partial charge in [-0.25, -0.2) is 8.78 Å². The lowest BCUT2D eigenvalue weighted by Gasteiger charge is -1.99. The molecule has 0 unspecified atom stereocenters. The minimum atomic E-state index is -0.692. The monoisotopic (exact) mass is 340 g/mol. The molecule has 2 aromatic carbocycles. The standard InChI is InChI=1S/C19H10F2O2S/c20-11-5-7-13(15(21)9-11)16-8-6-12(23-16)10-18-19(22)14-3-1-2-4-17(14)24-18/h1-10H/b18-10-. The largest absolute Gasteiger partial charge is 0.457 e. The van der Waals surface area contributed by atoms with Gasteiger partial charge in [0, 0.05) is 16.5 Å². The highest BCUT2D eigenvalue weighted by atomic mass is 32.2. The Labute approximate surface area is 140 Å². The van der Waals surface area contributed by atoms with E-state index in [0.29, 0.717) is 16.2 Å². The lowest BCUT2D eigenvalue weighted by Crippen LogP contribution is -1.93. The molecule has 0 atom stereocenters. The third-order valence-electron chi connectivity index (χ3n) is 3.67. The summed E-state index contributed by atoms with van der Waals surface area (Å²) in [5, 5.41) is 0. The van der Waals surface area contributed by atoms with Gasteiger partial charge in [-0.2, -0.15) is 0 Å². The number of fused-ring (bicyclic) bond motifs is 1. The molecule has 0 N–H and O–H groups in total. The maximum absolute atomic E-state index is 13.8. The van der Waals surface area contributed by atoms with Gasteiger partial charge in [0.25, 0.3) is 0 Å². The molecule has 0 fully saturated rings. The van der Waals surface area contributed by atoms with Crippen molar-refractivity contribution in [2.45, 2.75) is 4.90 Å². The second-order valence-corrected chi connectivity index (χ2v) is 6.35. The van der Waals surface area contributed by atoms with Crippen molar-refractivity contribution in [3.05, 3.63) is 82.5 Å². The molecule has 0 saturated carbocycles. The molecule has 24 heavy (non-hydrogen) atoms. The van der Waals surface area contributed by atoms with Gasteiger partial charge in [0.1, 0.15) is 23.2 Å². The van der Waals surface area contributed by atoms with Crippen molar-refractivity contribution in [2.75, 3.05) is 0 Å². The van der Waals surface area contributed by atoms with E-state index in [4.69, 9.17) is 4.42 Å². The number of furan rings is 1. The number of hydrogen-bond acceptors (Lipinski definition) is 3. The van der Waals surface area contributed by atoms with E-state index in [1.54, 1.807) is 24.3 Å². The number of benzene rings is 2.